The second-order valence-corrected chi connectivity index (χ2v) is 10.7. The number of aromatic amines is 2. The summed E-state index contributed by atoms with van der Waals surface area (Å²) < 4.78 is 6.41. The summed E-state index contributed by atoms with van der Waals surface area (Å²) in [5, 5.41) is 10.6. The van der Waals surface area contributed by atoms with Crippen LogP contribution < -0.4 is 16.0 Å². The number of carbonyl (C=O) groups is 2. The largest absolute Gasteiger partial charge is 0.445 e. The number of fused-ring (bicyclic) bond motifs is 3. The van der Waals surface area contributed by atoms with Crippen LogP contribution in [-0.4, -0.2) is 46.1 Å². The number of nitrogens with zero attached hydrogens (tertiary/aromatic N) is 1. The summed E-state index contributed by atoms with van der Waals surface area (Å²) in [6, 6.07) is 15.3. The number of halogens is 1. The maximum atomic E-state index is 13.0. The molecule has 2 amide bonds. The molecule has 2 unspecified atom stereocenters. The molecule has 204 valence electrons. The molecule has 0 spiro atoms. The molecule has 4 aromatic rings. The Balaban J connectivity index is 1.10. The van der Waals surface area contributed by atoms with Crippen molar-refractivity contribution in [3.63, 3.8) is 0 Å². The average Bonchev–Trinajstić information content (AvgIpc) is 3.60. The number of hydrogen-bond acceptors (Lipinski definition) is 5. The van der Waals surface area contributed by atoms with Crippen LogP contribution in [0.1, 0.15) is 47.8 Å². The third-order valence-electron chi connectivity index (χ3n) is 7.01. The predicted molar refractivity (Wildman–Crippen MR) is 153 cm³/mol. The highest BCUT2D eigenvalue weighted by Gasteiger charge is 2.25. The van der Waals surface area contributed by atoms with Gasteiger partial charge in [0.25, 0.3) is 0 Å². The number of amides is 2. The maximum Gasteiger partial charge on any atom is 0.408 e. The fourth-order valence-electron chi connectivity index (χ4n) is 5.07. The van der Waals surface area contributed by atoms with Gasteiger partial charge in [0.2, 0.25) is 5.91 Å². The SMILES string of the molecule is O=C(NC(Cc1cnc[nH]1)C(=O)NCCCNC1CCCc2c1[nH]c1ccc(Br)cc21)OCc1ccccc1. The molecular formula is C29H33BrN6O3. The Hall–Kier alpha value is -3.63. The van der Waals surface area contributed by atoms with Gasteiger partial charge >= 0.3 is 6.09 Å². The molecule has 5 N–H and O–H groups in total. The fourth-order valence-corrected chi connectivity index (χ4v) is 5.43. The fraction of sp³-hybridized carbons (Fsp3) is 0.345. The van der Waals surface area contributed by atoms with Crippen LogP contribution in [0.25, 0.3) is 10.9 Å². The van der Waals surface area contributed by atoms with Crippen LogP contribution in [-0.2, 0) is 29.0 Å². The summed E-state index contributed by atoms with van der Waals surface area (Å²) >= 11 is 3.59. The normalized spacial score (nSPS) is 15.5. The number of alkyl carbamates (subject to hydrolysis) is 1. The summed E-state index contributed by atoms with van der Waals surface area (Å²) in [6.07, 6.45) is 6.90. The van der Waals surface area contributed by atoms with Gasteiger partial charge < -0.3 is 30.7 Å². The van der Waals surface area contributed by atoms with Gasteiger partial charge in [0.15, 0.2) is 0 Å². The van der Waals surface area contributed by atoms with Crippen molar-refractivity contribution >= 4 is 38.8 Å². The monoisotopic (exact) mass is 592 g/mol. The highest BCUT2D eigenvalue weighted by Crippen LogP contribution is 2.35. The van der Waals surface area contributed by atoms with Crippen molar-refractivity contribution in [3.05, 3.63) is 88.0 Å². The van der Waals surface area contributed by atoms with E-state index in [1.54, 1.807) is 12.5 Å². The number of aryl methyl sites for hydroxylation is 1. The number of hydrogen-bond donors (Lipinski definition) is 5. The molecule has 2 heterocycles. The van der Waals surface area contributed by atoms with E-state index < -0.39 is 12.1 Å². The van der Waals surface area contributed by atoms with Gasteiger partial charge in [-0.05, 0) is 61.6 Å². The van der Waals surface area contributed by atoms with Crippen LogP contribution in [0, 0.1) is 0 Å². The molecule has 0 aliphatic heterocycles. The summed E-state index contributed by atoms with van der Waals surface area (Å²) in [5.74, 6) is -0.262. The van der Waals surface area contributed by atoms with Crippen molar-refractivity contribution in [2.24, 2.45) is 0 Å². The van der Waals surface area contributed by atoms with Crippen molar-refractivity contribution in [2.75, 3.05) is 13.1 Å². The van der Waals surface area contributed by atoms with Gasteiger partial charge in [-0.1, -0.05) is 46.3 Å². The third kappa shape index (κ3) is 7.07. The molecule has 2 aromatic carbocycles. The molecule has 0 saturated heterocycles. The zero-order chi connectivity index (χ0) is 27.0. The van der Waals surface area contributed by atoms with E-state index in [-0.39, 0.29) is 25.0 Å². The minimum atomic E-state index is -0.784. The third-order valence-corrected chi connectivity index (χ3v) is 7.51. The van der Waals surface area contributed by atoms with Gasteiger partial charge in [-0.15, -0.1) is 0 Å². The van der Waals surface area contributed by atoms with E-state index in [4.69, 9.17) is 4.74 Å². The lowest BCUT2D eigenvalue weighted by Gasteiger charge is -2.24. The van der Waals surface area contributed by atoms with Crippen LogP contribution in [0.2, 0.25) is 0 Å². The Labute approximate surface area is 235 Å². The first-order valence-corrected chi connectivity index (χ1v) is 14.1. The zero-order valence-corrected chi connectivity index (χ0v) is 23.2. The number of H-pyrrole nitrogens is 2. The number of carbonyl (C=O) groups excluding carboxylic acids is 2. The molecule has 10 heteroatoms. The molecule has 0 radical (unpaired) electrons. The highest BCUT2D eigenvalue weighted by molar-refractivity contribution is 9.10. The van der Waals surface area contributed by atoms with E-state index in [9.17, 15) is 9.59 Å². The first-order chi connectivity index (χ1) is 19.1. The average molecular weight is 594 g/mol. The zero-order valence-electron chi connectivity index (χ0n) is 21.6. The lowest BCUT2D eigenvalue weighted by atomic mass is 9.91. The maximum absolute atomic E-state index is 13.0. The van der Waals surface area contributed by atoms with Crippen LogP contribution in [0.5, 0.6) is 0 Å². The number of imidazole rings is 1. The van der Waals surface area contributed by atoms with Crippen molar-refractivity contribution in [2.45, 2.75) is 50.8 Å². The quantitative estimate of drug-likeness (QED) is 0.162. The van der Waals surface area contributed by atoms with Crippen molar-refractivity contribution in [1.82, 2.24) is 30.9 Å². The van der Waals surface area contributed by atoms with Gasteiger partial charge in [0, 0.05) is 52.0 Å². The molecule has 39 heavy (non-hydrogen) atoms. The van der Waals surface area contributed by atoms with E-state index in [1.807, 2.05) is 30.3 Å². The first kappa shape index (κ1) is 27.0. The van der Waals surface area contributed by atoms with E-state index in [1.165, 1.54) is 22.2 Å². The smallest absolute Gasteiger partial charge is 0.408 e. The van der Waals surface area contributed by atoms with Gasteiger partial charge in [-0.2, -0.15) is 0 Å². The van der Waals surface area contributed by atoms with Crippen LogP contribution in [0.3, 0.4) is 0 Å². The minimum absolute atomic E-state index is 0.132. The molecule has 0 fully saturated rings. The standard InChI is InChI=1S/C29H33BrN6O3/c30-20-10-11-24-23(14-20)22-8-4-9-25(27(22)35-24)32-12-5-13-33-28(37)26(15-21-16-31-18-34-21)36-29(38)39-17-19-6-2-1-3-7-19/h1-3,6-7,10-11,14,16,18,25-26,32,35H,4-5,8-9,12-13,15,17H2,(H,31,34)(H,33,37)(H,36,38). The molecule has 9 nitrogen and oxygen atoms in total. The summed E-state index contributed by atoms with van der Waals surface area (Å²) in [6.45, 7) is 1.39. The van der Waals surface area contributed by atoms with Crippen LogP contribution in [0.15, 0.2) is 65.5 Å². The van der Waals surface area contributed by atoms with Gasteiger partial charge in [0.1, 0.15) is 12.6 Å². The molecule has 2 aromatic heterocycles. The Morgan fingerprint density at radius 1 is 1.15 bits per heavy atom. The lowest BCUT2D eigenvalue weighted by molar-refractivity contribution is -0.123. The number of ether oxygens (including phenoxy) is 1. The van der Waals surface area contributed by atoms with E-state index in [0.717, 1.165) is 48.0 Å². The molecule has 2 atom stereocenters. The molecule has 1 aliphatic rings. The summed E-state index contributed by atoms with van der Waals surface area (Å²) in [5.41, 5.74) is 5.47. The molecule has 5 rings (SSSR count). The molecular weight excluding hydrogens is 560 g/mol. The Bertz CT molecular complexity index is 1390. The van der Waals surface area contributed by atoms with E-state index >= 15 is 0 Å². The number of benzene rings is 2. The Morgan fingerprint density at radius 3 is 2.85 bits per heavy atom. The van der Waals surface area contributed by atoms with E-state index in [0.29, 0.717) is 6.54 Å². The minimum Gasteiger partial charge on any atom is -0.445 e. The van der Waals surface area contributed by atoms with E-state index in [2.05, 4.69) is 65.0 Å². The van der Waals surface area contributed by atoms with Crippen LogP contribution >= 0.6 is 15.9 Å². The second kappa shape index (κ2) is 12.9. The highest BCUT2D eigenvalue weighted by atomic mass is 79.9. The summed E-state index contributed by atoms with van der Waals surface area (Å²) in [7, 11) is 0. The Kier molecular flexibility index (Phi) is 8.95. The molecule has 0 saturated carbocycles. The van der Waals surface area contributed by atoms with Gasteiger partial charge in [-0.25, -0.2) is 9.78 Å². The number of nitrogens with one attached hydrogen (secondary N) is 5. The van der Waals surface area contributed by atoms with Gasteiger partial charge in [-0.3, -0.25) is 4.79 Å². The lowest BCUT2D eigenvalue weighted by Crippen LogP contribution is -2.48. The van der Waals surface area contributed by atoms with Gasteiger partial charge in [0.05, 0.1) is 6.33 Å². The van der Waals surface area contributed by atoms with Crippen molar-refractivity contribution < 1.29 is 14.3 Å². The van der Waals surface area contributed by atoms with Crippen LogP contribution in [0.4, 0.5) is 4.79 Å². The molecule has 1 aliphatic carbocycles. The first-order valence-electron chi connectivity index (χ1n) is 13.3. The number of aromatic nitrogens is 3. The van der Waals surface area contributed by atoms with Crippen molar-refractivity contribution in [1.29, 1.82) is 0 Å². The predicted octanol–water partition coefficient (Wildman–Crippen LogP) is 4.66. The number of rotatable bonds is 11. The summed E-state index contributed by atoms with van der Waals surface area (Å²) in [4.78, 5) is 36.0. The molecule has 0 bridgehead atoms. The second-order valence-electron chi connectivity index (χ2n) is 9.79. The Morgan fingerprint density at radius 2 is 2.03 bits per heavy atom. The topological polar surface area (TPSA) is 124 Å². The van der Waals surface area contributed by atoms with Crippen molar-refractivity contribution in [3.8, 4) is 0 Å².